The molecule has 0 radical (unpaired) electrons. The molecule has 8 heteroatoms. The van der Waals surface area contributed by atoms with Gasteiger partial charge in [0.05, 0.1) is 22.4 Å². The lowest BCUT2D eigenvalue weighted by Crippen LogP contribution is -2.18. The second-order valence-electron chi connectivity index (χ2n) is 6.20. The third-order valence-corrected chi connectivity index (χ3v) is 5.13. The standard InChI is InChI=1S/C19H22N4O3S/c1-5-22-14-8-7-13(18(25)26-6-2)11-16(14)27-19(22)21-17(24)15-9-10-20-23(15)12(3)4/h7-12H,5-6H2,1-4H3. The highest BCUT2D eigenvalue weighted by atomic mass is 32.1. The molecular weight excluding hydrogens is 364 g/mol. The summed E-state index contributed by atoms with van der Waals surface area (Å²) in [5, 5.41) is 4.19. The van der Waals surface area contributed by atoms with E-state index in [1.807, 2.05) is 31.4 Å². The molecule has 142 valence electrons. The molecule has 0 unspecified atom stereocenters. The van der Waals surface area contributed by atoms with Gasteiger partial charge in [0.2, 0.25) is 0 Å². The SMILES string of the molecule is CCOC(=O)c1ccc2c(c1)sc(=NC(=O)c1ccnn1C(C)C)n2CC. The molecule has 1 amide bonds. The van der Waals surface area contributed by atoms with Crippen LogP contribution in [0.1, 0.15) is 54.6 Å². The van der Waals surface area contributed by atoms with Crippen LogP contribution in [-0.4, -0.2) is 32.8 Å². The average molecular weight is 386 g/mol. The van der Waals surface area contributed by atoms with E-state index in [9.17, 15) is 9.59 Å². The topological polar surface area (TPSA) is 78.5 Å². The molecule has 2 aromatic heterocycles. The average Bonchev–Trinajstić information content (AvgIpc) is 3.25. The summed E-state index contributed by atoms with van der Waals surface area (Å²) < 4.78 is 9.56. The number of rotatable bonds is 5. The van der Waals surface area contributed by atoms with Crippen LogP contribution in [0.2, 0.25) is 0 Å². The third kappa shape index (κ3) is 3.71. The van der Waals surface area contributed by atoms with Crippen molar-refractivity contribution in [1.29, 1.82) is 0 Å². The summed E-state index contributed by atoms with van der Waals surface area (Å²) in [5.74, 6) is -0.688. The summed E-state index contributed by atoms with van der Waals surface area (Å²) in [6.45, 7) is 8.69. The quantitative estimate of drug-likeness (QED) is 0.630. The molecular formula is C19H22N4O3S. The molecule has 1 aromatic carbocycles. The van der Waals surface area contributed by atoms with E-state index in [1.54, 1.807) is 36.0 Å². The molecule has 0 saturated carbocycles. The zero-order valence-electron chi connectivity index (χ0n) is 15.8. The normalized spacial score (nSPS) is 12.1. The van der Waals surface area contributed by atoms with Gasteiger partial charge in [-0.05, 0) is 52.0 Å². The first kappa shape index (κ1) is 19.0. The van der Waals surface area contributed by atoms with Crippen molar-refractivity contribution in [3.8, 4) is 0 Å². The number of esters is 1. The van der Waals surface area contributed by atoms with E-state index in [2.05, 4.69) is 10.1 Å². The number of hydrogen-bond donors (Lipinski definition) is 0. The highest BCUT2D eigenvalue weighted by Crippen LogP contribution is 2.20. The molecule has 2 heterocycles. The van der Waals surface area contributed by atoms with Gasteiger partial charge in [0, 0.05) is 18.8 Å². The Bertz CT molecular complexity index is 1060. The van der Waals surface area contributed by atoms with Crippen LogP contribution in [0.4, 0.5) is 0 Å². The van der Waals surface area contributed by atoms with Gasteiger partial charge in [-0.1, -0.05) is 11.3 Å². The zero-order chi connectivity index (χ0) is 19.6. The first-order chi connectivity index (χ1) is 13.0. The first-order valence-electron chi connectivity index (χ1n) is 8.89. The van der Waals surface area contributed by atoms with Crippen LogP contribution in [-0.2, 0) is 11.3 Å². The van der Waals surface area contributed by atoms with Gasteiger partial charge in [-0.3, -0.25) is 9.48 Å². The van der Waals surface area contributed by atoms with Gasteiger partial charge >= 0.3 is 5.97 Å². The molecule has 0 fully saturated rings. The molecule has 0 spiro atoms. The Kier molecular flexibility index (Phi) is 5.55. The summed E-state index contributed by atoms with van der Waals surface area (Å²) in [5.41, 5.74) is 1.88. The number of fused-ring (bicyclic) bond motifs is 1. The molecule has 0 aliphatic carbocycles. The maximum Gasteiger partial charge on any atom is 0.338 e. The van der Waals surface area contributed by atoms with Crippen LogP contribution in [0.25, 0.3) is 10.2 Å². The fourth-order valence-corrected chi connectivity index (χ4v) is 3.98. The lowest BCUT2D eigenvalue weighted by molar-refractivity contribution is 0.0526. The second kappa shape index (κ2) is 7.87. The van der Waals surface area contributed by atoms with Gasteiger partial charge in [-0.2, -0.15) is 10.1 Å². The number of carbonyl (C=O) groups is 2. The molecule has 3 rings (SSSR count). The van der Waals surface area contributed by atoms with E-state index in [0.29, 0.717) is 29.2 Å². The Morgan fingerprint density at radius 2 is 2.04 bits per heavy atom. The minimum atomic E-state index is -0.355. The van der Waals surface area contributed by atoms with Crippen LogP contribution in [0.5, 0.6) is 0 Å². The van der Waals surface area contributed by atoms with E-state index >= 15 is 0 Å². The minimum absolute atomic E-state index is 0.0713. The van der Waals surface area contributed by atoms with E-state index < -0.39 is 0 Å². The number of hydrogen-bond acceptors (Lipinski definition) is 5. The molecule has 0 aliphatic heterocycles. The monoisotopic (exact) mass is 386 g/mol. The van der Waals surface area contributed by atoms with E-state index in [1.165, 1.54) is 11.3 Å². The summed E-state index contributed by atoms with van der Waals surface area (Å²) in [6.07, 6.45) is 1.60. The van der Waals surface area contributed by atoms with E-state index in [4.69, 9.17) is 4.74 Å². The second-order valence-corrected chi connectivity index (χ2v) is 7.21. The summed E-state index contributed by atoms with van der Waals surface area (Å²) in [6, 6.07) is 7.13. The fourth-order valence-electron chi connectivity index (χ4n) is 2.84. The molecule has 0 atom stereocenters. The van der Waals surface area contributed by atoms with Crippen LogP contribution < -0.4 is 4.80 Å². The van der Waals surface area contributed by atoms with Crippen molar-refractivity contribution in [2.45, 2.75) is 40.3 Å². The number of benzene rings is 1. The van der Waals surface area contributed by atoms with Crippen molar-refractivity contribution in [3.05, 3.63) is 46.5 Å². The lowest BCUT2D eigenvalue weighted by atomic mass is 10.2. The number of aryl methyl sites for hydroxylation is 1. The molecule has 0 aliphatic rings. The predicted molar refractivity (Wildman–Crippen MR) is 104 cm³/mol. The number of thiazole rings is 1. The Morgan fingerprint density at radius 3 is 2.70 bits per heavy atom. The van der Waals surface area contributed by atoms with Crippen molar-refractivity contribution in [1.82, 2.24) is 14.3 Å². The molecule has 27 heavy (non-hydrogen) atoms. The molecule has 7 nitrogen and oxygen atoms in total. The largest absolute Gasteiger partial charge is 0.462 e. The fraction of sp³-hybridized carbons (Fsp3) is 0.368. The third-order valence-electron chi connectivity index (χ3n) is 4.09. The lowest BCUT2D eigenvalue weighted by Gasteiger charge is -2.07. The highest BCUT2D eigenvalue weighted by molar-refractivity contribution is 7.16. The Balaban J connectivity index is 2.08. The predicted octanol–water partition coefficient (Wildman–Crippen LogP) is 3.42. The Labute approximate surface area is 160 Å². The number of carbonyl (C=O) groups excluding carboxylic acids is 2. The van der Waals surface area contributed by atoms with Gasteiger partial charge in [0.25, 0.3) is 5.91 Å². The van der Waals surface area contributed by atoms with Gasteiger partial charge < -0.3 is 9.30 Å². The van der Waals surface area contributed by atoms with Crippen molar-refractivity contribution >= 4 is 33.4 Å². The van der Waals surface area contributed by atoms with E-state index in [-0.39, 0.29) is 17.9 Å². The van der Waals surface area contributed by atoms with Crippen LogP contribution >= 0.6 is 11.3 Å². The minimum Gasteiger partial charge on any atom is -0.462 e. The van der Waals surface area contributed by atoms with Crippen molar-refractivity contribution in [3.63, 3.8) is 0 Å². The summed E-state index contributed by atoms with van der Waals surface area (Å²) in [7, 11) is 0. The highest BCUT2D eigenvalue weighted by Gasteiger charge is 2.15. The van der Waals surface area contributed by atoms with Gasteiger partial charge in [-0.25, -0.2) is 4.79 Å². The van der Waals surface area contributed by atoms with Crippen LogP contribution in [0.15, 0.2) is 35.5 Å². The van der Waals surface area contributed by atoms with E-state index in [0.717, 1.165) is 10.2 Å². The molecule has 0 N–H and O–H groups in total. The van der Waals surface area contributed by atoms with Gasteiger partial charge in [-0.15, -0.1) is 0 Å². The van der Waals surface area contributed by atoms with Gasteiger partial charge in [0.1, 0.15) is 5.69 Å². The number of aromatic nitrogens is 3. The van der Waals surface area contributed by atoms with Crippen LogP contribution in [0, 0.1) is 0 Å². The molecule has 0 saturated heterocycles. The van der Waals surface area contributed by atoms with Gasteiger partial charge in [0.15, 0.2) is 4.80 Å². The van der Waals surface area contributed by atoms with Crippen molar-refractivity contribution in [2.75, 3.05) is 6.61 Å². The summed E-state index contributed by atoms with van der Waals surface area (Å²) >= 11 is 1.38. The van der Waals surface area contributed by atoms with Crippen LogP contribution in [0.3, 0.4) is 0 Å². The molecule has 0 bridgehead atoms. The number of ether oxygens (including phenoxy) is 1. The first-order valence-corrected chi connectivity index (χ1v) is 9.71. The summed E-state index contributed by atoms with van der Waals surface area (Å²) in [4.78, 5) is 29.6. The number of nitrogens with zero attached hydrogens (tertiary/aromatic N) is 4. The van der Waals surface area contributed by atoms with Crippen molar-refractivity contribution < 1.29 is 14.3 Å². The number of amides is 1. The maximum absolute atomic E-state index is 12.7. The zero-order valence-corrected chi connectivity index (χ0v) is 16.6. The molecule has 3 aromatic rings. The Hall–Kier alpha value is -2.74. The smallest absolute Gasteiger partial charge is 0.338 e. The van der Waals surface area contributed by atoms with Crippen molar-refractivity contribution in [2.24, 2.45) is 4.99 Å². The maximum atomic E-state index is 12.7. The Morgan fingerprint density at radius 1 is 1.26 bits per heavy atom.